The molecule has 2 aromatic rings. The second kappa shape index (κ2) is 5.93. The maximum Gasteiger partial charge on any atom is 0.255 e. The summed E-state index contributed by atoms with van der Waals surface area (Å²) in [4.78, 5) is 13.1. The number of benzene rings is 2. The third kappa shape index (κ3) is 3.18. The molecule has 98 valence electrons. The number of amides is 1. The molecule has 0 unspecified atom stereocenters. The Balaban J connectivity index is 2.28. The van der Waals surface area contributed by atoms with Crippen LogP contribution in [0.1, 0.15) is 28.4 Å². The molecule has 2 rings (SSSR count). The molecule has 0 saturated carbocycles. The minimum Gasteiger partial charge on any atom is -0.322 e. The van der Waals surface area contributed by atoms with Crippen molar-refractivity contribution in [2.24, 2.45) is 0 Å². The molecule has 2 aromatic carbocycles. The molecule has 0 bridgehead atoms. The normalized spacial score (nSPS) is 10.3. The number of thiol groups is 1. The number of hydrogen-bond donors (Lipinski definition) is 2. The second-order valence-corrected chi connectivity index (χ2v) is 4.98. The maximum atomic E-state index is 12.3. The van der Waals surface area contributed by atoms with Gasteiger partial charge in [0.05, 0.1) is 0 Å². The largest absolute Gasteiger partial charge is 0.322 e. The van der Waals surface area contributed by atoms with Gasteiger partial charge >= 0.3 is 0 Å². The zero-order chi connectivity index (χ0) is 13.8. The minimum absolute atomic E-state index is 0.0886. The summed E-state index contributed by atoms with van der Waals surface area (Å²) in [5.74, 6) is -0.0886. The quantitative estimate of drug-likeness (QED) is 0.809. The summed E-state index contributed by atoms with van der Waals surface area (Å²) in [5, 5.41) is 2.97. The van der Waals surface area contributed by atoms with Crippen molar-refractivity contribution < 1.29 is 4.79 Å². The van der Waals surface area contributed by atoms with E-state index in [4.69, 9.17) is 0 Å². The van der Waals surface area contributed by atoms with Gasteiger partial charge in [-0.05, 0) is 42.7 Å². The molecule has 1 N–H and O–H groups in total. The van der Waals surface area contributed by atoms with Gasteiger partial charge in [0.15, 0.2) is 0 Å². The average molecular weight is 271 g/mol. The Hall–Kier alpha value is -1.74. The predicted molar refractivity (Wildman–Crippen MR) is 82.2 cm³/mol. The van der Waals surface area contributed by atoms with Gasteiger partial charge in [-0.1, -0.05) is 31.2 Å². The van der Waals surface area contributed by atoms with Gasteiger partial charge in [0, 0.05) is 16.1 Å². The van der Waals surface area contributed by atoms with Gasteiger partial charge in [-0.3, -0.25) is 4.79 Å². The van der Waals surface area contributed by atoms with Crippen LogP contribution in [-0.2, 0) is 6.42 Å². The Bertz CT molecular complexity index is 607. The van der Waals surface area contributed by atoms with Crippen LogP contribution in [0.3, 0.4) is 0 Å². The molecule has 0 radical (unpaired) electrons. The lowest BCUT2D eigenvalue weighted by Gasteiger charge is -2.11. The molecule has 0 fully saturated rings. The summed E-state index contributed by atoms with van der Waals surface area (Å²) >= 11 is 4.28. The first kappa shape index (κ1) is 13.7. The predicted octanol–water partition coefficient (Wildman–Crippen LogP) is 4.10. The van der Waals surface area contributed by atoms with E-state index in [2.05, 4.69) is 24.9 Å². The van der Waals surface area contributed by atoms with Gasteiger partial charge in [0.2, 0.25) is 0 Å². The molecule has 0 aliphatic rings. The van der Waals surface area contributed by atoms with Gasteiger partial charge < -0.3 is 5.32 Å². The van der Waals surface area contributed by atoms with E-state index >= 15 is 0 Å². The molecule has 1 amide bonds. The summed E-state index contributed by atoms with van der Waals surface area (Å²) in [6.45, 7) is 4.00. The molecule has 0 aromatic heterocycles. The molecular weight excluding hydrogens is 254 g/mol. The van der Waals surface area contributed by atoms with Crippen LogP contribution in [0.2, 0.25) is 0 Å². The fraction of sp³-hybridized carbons (Fsp3) is 0.188. The van der Waals surface area contributed by atoms with Gasteiger partial charge in [-0.15, -0.1) is 12.6 Å². The topological polar surface area (TPSA) is 29.1 Å². The van der Waals surface area contributed by atoms with Crippen molar-refractivity contribution in [3.8, 4) is 0 Å². The molecule has 0 atom stereocenters. The number of carbonyl (C=O) groups is 1. The average Bonchev–Trinajstić information content (AvgIpc) is 2.42. The van der Waals surface area contributed by atoms with E-state index < -0.39 is 0 Å². The first-order chi connectivity index (χ1) is 9.11. The van der Waals surface area contributed by atoms with E-state index in [0.717, 1.165) is 28.1 Å². The standard InChI is InChI=1S/C16H17NOS/c1-3-12-6-4-5-7-15(12)17-16(18)14-10-13(19)9-8-11(14)2/h4-10,19H,3H2,1-2H3,(H,17,18). The lowest BCUT2D eigenvalue weighted by Crippen LogP contribution is -2.14. The zero-order valence-corrected chi connectivity index (χ0v) is 12.0. The molecule has 19 heavy (non-hydrogen) atoms. The second-order valence-electron chi connectivity index (χ2n) is 4.46. The van der Waals surface area contributed by atoms with Crippen LogP contribution in [-0.4, -0.2) is 5.91 Å². The van der Waals surface area contributed by atoms with E-state index in [1.54, 1.807) is 6.07 Å². The Morgan fingerprint density at radius 2 is 1.95 bits per heavy atom. The highest BCUT2D eigenvalue weighted by atomic mass is 32.1. The summed E-state index contributed by atoms with van der Waals surface area (Å²) in [6, 6.07) is 13.4. The van der Waals surface area contributed by atoms with Crippen LogP contribution >= 0.6 is 12.6 Å². The minimum atomic E-state index is -0.0886. The van der Waals surface area contributed by atoms with Crippen molar-refractivity contribution in [3.05, 3.63) is 59.2 Å². The van der Waals surface area contributed by atoms with Gasteiger partial charge in [0.1, 0.15) is 0 Å². The molecule has 0 saturated heterocycles. The van der Waals surface area contributed by atoms with Gasteiger partial charge in [-0.25, -0.2) is 0 Å². The molecule has 0 spiro atoms. The molecule has 3 heteroatoms. The smallest absolute Gasteiger partial charge is 0.255 e. The first-order valence-corrected chi connectivity index (χ1v) is 6.75. The Morgan fingerprint density at radius 3 is 2.68 bits per heavy atom. The zero-order valence-electron chi connectivity index (χ0n) is 11.1. The Morgan fingerprint density at radius 1 is 1.21 bits per heavy atom. The summed E-state index contributed by atoms with van der Waals surface area (Å²) < 4.78 is 0. The summed E-state index contributed by atoms with van der Waals surface area (Å²) in [6.07, 6.45) is 0.891. The van der Waals surface area contributed by atoms with Crippen LogP contribution in [0.25, 0.3) is 0 Å². The summed E-state index contributed by atoms with van der Waals surface area (Å²) in [7, 11) is 0. The number of para-hydroxylation sites is 1. The molecule has 2 nitrogen and oxygen atoms in total. The fourth-order valence-corrected chi connectivity index (χ4v) is 2.20. The van der Waals surface area contributed by atoms with Gasteiger partial charge in [-0.2, -0.15) is 0 Å². The van der Waals surface area contributed by atoms with E-state index in [1.165, 1.54) is 0 Å². The highest BCUT2D eigenvalue weighted by Gasteiger charge is 2.11. The number of rotatable bonds is 3. The molecule has 0 aliphatic carbocycles. The van der Waals surface area contributed by atoms with Gasteiger partial charge in [0.25, 0.3) is 5.91 Å². The Labute approximate surface area is 119 Å². The van der Waals surface area contributed by atoms with E-state index in [0.29, 0.717) is 5.56 Å². The number of hydrogen-bond acceptors (Lipinski definition) is 2. The third-order valence-electron chi connectivity index (χ3n) is 3.11. The monoisotopic (exact) mass is 271 g/mol. The third-order valence-corrected chi connectivity index (χ3v) is 3.39. The van der Waals surface area contributed by atoms with Crippen molar-refractivity contribution in [1.29, 1.82) is 0 Å². The van der Waals surface area contributed by atoms with Crippen molar-refractivity contribution >= 4 is 24.2 Å². The number of aryl methyl sites for hydroxylation is 2. The lowest BCUT2D eigenvalue weighted by atomic mass is 10.1. The summed E-state index contributed by atoms with van der Waals surface area (Å²) in [5.41, 5.74) is 3.62. The molecule has 0 aliphatic heterocycles. The van der Waals surface area contributed by atoms with Crippen molar-refractivity contribution in [2.45, 2.75) is 25.2 Å². The highest BCUT2D eigenvalue weighted by Crippen LogP contribution is 2.19. The lowest BCUT2D eigenvalue weighted by molar-refractivity contribution is 0.102. The van der Waals surface area contributed by atoms with Crippen LogP contribution in [0, 0.1) is 6.92 Å². The highest BCUT2D eigenvalue weighted by molar-refractivity contribution is 7.80. The van der Waals surface area contributed by atoms with Crippen LogP contribution in [0.15, 0.2) is 47.4 Å². The van der Waals surface area contributed by atoms with Crippen molar-refractivity contribution in [1.82, 2.24) is 0 Å². The van der Waals surface area contributed by atoms with Crippen LogP contribution < -0.4 is 5.32 Å². The number of anilines is 1. The Kier molecular flexibility index (Phi) is 4.27. The van der Waals surface area contributed by atoms with E-state index in [9.17, 15) is 4.79 Å². The van der Waals surface area contributed by atoms with Crippen LogP contribution in [0.5, 0.6) is 0 Å². The molecule has 0 heterocycles. The van der Waals surface area contributed by atoms with Crippen LogP contribution in [0.4, 0.5) is 5.69 Å². The molecular formula is C16H17NOS. The van der Waals surface area contributed by atoms with Crippen molar-refractivity contribution in [3.63, 3.8) is 0 Å². The maximum absolute atomic E-state index is 12.3. The van der Waals surface area contributed by atoms with E-state index in [1.807, 2.05) is 43.3 Å². The first-order valence-electron chi connectivity index (χ1n) is 6.30. The number of carbonyl (C=O) groups excluding carboxylic acids is 1. The van der Waals surface area contributed by atoms with Crippen molar-refractivity contribution in [2.75, 3.05) is 5.32 Å². The fourth-order valence-electron chi connectivity index (χ4n) is 1.99. The number of nitrogens with one attached hydrogen (secondary N) is 1. The van der Waals surface area contributed by atoms with E-state index in [-0.39, 0.29) is 5.91 Å². The SMILES string of the molecule is CCc1ccccc1NC(=O)c1cc(S)ccc1C.